The number of nitrogens with zero attached hydrogens (tertiary/aromatic N) is 2. The Bertz CT molecular complexity index is 629. The van der Waals surface area contributed by atoms with Crippen molar-refractivity contribution < 1.29 is 19.4 Å². The zero-order valence-electron chi connectivity index (χ0n) is 19.0. The predicted octanol–water partition coefficient (Wildman–Crippen LogP) is 2.93. The van der Waals surface area contributed by atoms with E-state index in [0.717, 1.165) is 19.3 Å². The SMILES string of the molecule is C[C@H]1CC([C@H]2CC2COC[C@@H]2C[C@@H](C#N)CCN2C(=O)OC(C)(C)C)N[C@H](CO)C1. The Labute approximate surface area is 181 Å². The van der Waals surface area contributed by atoms with Crippen LogP contribution >= 0.6 is 0 Å². The fraction of sp³-hybridized carbons (Fsp3) is 0.913. The molecule has 2 unspecified atom stereocenters. The number of nitriles is 1. The summed E-state index contributed by atoms with van der Waals surface area (Å²) in [7, 11) is 0. The zero-order chi connectivity index (χ0) is 21.9. The Morgan fingerprint density at radius 3 is 2.67 bits per heavy atom. The van der Waals surface area contributed by atoms with Crippen LogP contribution in [0.2, 0.25) is 0 Å². The molecule has 7 atom stereocenters. The number of carbonyl (C=O) groups is 1. The van der Waals surface area contributed by atoms with Gasteiger partial charge in [-0.05, 0) is 70.6 Å². The Balaban J connectivity index is 1.47. The summed E-state index contributed by atoms with van der Waals surface area (Å²) in [5.74, 6) is 1.76. The van der Waals surface area contributed by atoms with E-state index in [0.29, 0.717) is 56.4 Å². The molecule has 7 nitrogen and oxygen atoms in total. The number of rotatable bonds is 6. The molecule has 2 saturated heterocycles. The number of carbonyl (C=O) groups excluding carboxylic acids is 1. The molecule has 0 bridgehead atoms. The summed E-state index contributed by atoms with van der Waals surface area (Å²) < 4.78 is 11.6. The van der Waals surface area contributed by atoms with E-state index in [4.69, 9.17) is 9.47 Å². The lowest BCUT2D eigenvalue weighted by atomic mass is 9.87. The van der Waals surface area contributed by atoms with Gasteiger partial charge >= 0.3 is 6.09 Å². The van der Waals surface area contributed by atoms with Gasteiger partial charge in [0.1, 0.15) is 5.60 Å². The van der Waals surface area contributed by atoms with Gasteiger partial charge in [-0.1, -0.05) is 6.92 Å². The normalized spacial score (nSPS) is 36.8. The highest BCUT2D eigenvalue weighted by Crippen LogP contribution is 2.44. The van der Waals surface area contributed by atoms with Crippen molar-refractivity contribution in [2.24, 2.45) is 23.7 Å². The van der Waals surface area contributed by atoms with Crippen LogP contribution in [0.25, 0.3) is 0 Å². The minimum Gasteiger partial charge on any atom is -0.444 e. The molecule has 1 amide bonds. The number of ether oxygens (including phenoxy) is 2. The highest BCUT2D eigenvalue weighted by atomic mass is 16.6. The molecule has 170 valence electrons. The van der Waals surface area contributed by atoms with Crippen LogP contribution in [0.1, 0.15) is 59.8 Å². The first kappa shape index (κ1) is 23.3. The highest BCUT2D eigenvalue weighted by Gasteiger charge is 2.45. The number of likely N-dealkylation sites (tertiary alicyclic amines) is 1. The molecule has 1 aliphatic carbocycles. The smallest absolute Gasteiger partial charge is 0.410 e. The molecule has 3 aliphatic rings. The lowest BCUT2D eigenvalue weighted by Gasteiger charge is -2.38. The first-order valence-electron chi connectivity index (χ1n) is 11.5. The summed E-state index contributed by atoms with van der Waals surface area (Å²) in [5.41, 5.74) is -0.535. The first-order chi connectivity index (χ1) is 14.2. The van der Waals surface area contributed by atoms with Crippen LogP contribution in [0.4, 0.5) is 4.79 Å². The van der Waals surface area contributed by atoms with Crippen LogP contribution in [0.15, 0.2) is 0 Å². The van der Waals surface area contributed by atoms with Gasteiger partial charge in [-0.15, -0.1) is 0 Å². The fourth-order valence-corrected chi connectivity index (χ4v) is 5.08. The average Bonchev–Trinajstić information content (AvgIpc) is 3.45. The van der Waals surface area contributed by atoms with Crippen molar-refractivity contribution in [3.05, 3.63) is 0 Å². The van der Waals surface area contributed by atoms with Crippen LogP contribution in [-0.2, 0) is 9.47 Å². The third-order valence-corrected chi connectivity index (χ3v) is 6.68. The van der Waals surface area contributed by atoms with Gasteiger partial charge in [0.2, 0.25) is 0 Å². The van der Waals surface area contributed by atoms with Crippen molar-refractivity contribution in [1.82, 2.24) is 10.2 Å². The van der Waals surface area contributed by atoms with Crippen molar-refractivity contribution in [2.75, 3.05) is 26.4 Å². The van der Waals surface area contributed by atoms with Gasteiger partial charge in [0.25, 0.3) is 0 Å². The van der Waals surface area contributed by atoms with E-state index in [2.05, 4.69) is 18.3 Å². The molecular formula is C23H39N3O4. The fourth-order valence-electron chi connectivity index (χ4n) is 5.08. The minimum atomic E-state index is -0.535. The first-order valence-corrected chi connectivity index (χ1v) is 11.5. The van der Waals surface area contributed by atoms with Gasteiger partial charge in [0.05, 0.1) is 31.2 Å². The average molecular weight is 422 g/mol. The van der Waals surface area contributed by atoms with E-state index in [1.54, 1.807) is 4.90 Å². The Hall–Kier alpha value is -1.36. The summed E-state index contributed by atoms with van der Waals surface area (Å²) >= 11 is 0. The zero-order valence-corrected chi connectivity index (χ0v) is 19.0. The number of piperidine rings is 2. The molecule has 7 heteroatoms. The largest absolute Gasteiger partial charge is 0.444 e. The van der Waals surface area contributed by atoms with Crippen molar-refractivity contribution in [3.63, 3.8) is 0 Å². The molecule has 0 radical (unpaired) electrons. The van der Waals surface area contributed by atoms with Gasteiger partial charge in [0.15, 0.2) is 0 Å². The molecular weight excluding hydrogens is 382 g/mol. The molecule has 1 saturated carbocycles. The van der Waals surface area contributed by atoms with Gasteiger partial charge in [-0.3, -0.25) is 0 Å². The molecule has 0 aromatic rings. The van der Waals surface area contributed by atoms with Crippen molar-refractivity contribution >= 4 is 6.09 Å². The Morgan fingerprint density at radius 1 is 1.23 bits per heavy atom. The van der Waals surface area contributed by atoms with Gasteiger partial charge in [0, 0.05) is 25.2 Å². The molecule has 30 heavy (non-hydrogen) atoms. The maximum absolute atomic E-state index is 12.6. The Morgan fingerprint density at radius 2 is 2.00 bits per heavy atom. The van der Waals surface area contributed by atoms with Gasteiger partial charge in [-0.25, -0.2) is 4.79 Å². The predicted molar refractivity (Wildman–Crippen MR) is 114 cm³/mol. The van der Waals surface area contributed by atoms with E-state index in [1.807, 2.05) is 20.8 Å². The number of aliphatic hydroxyl groups excluding tert-OH is 1. The molecule has 0 aromatic carbocycles. The highest BCUT2D eigenvalue weighted by molar-refractivity contribution is 5.68. The second-order valence-corrected chi connectivity index (χ2v) is 10.6. The van der Waals surface area contributed by atoms with Gasteiger partial charge in [-0.2, -0.15) is 5.26 Å². The minimum absolute atomic E-state index is 0.0331. The van der Waals surface area contributed by atoms with Crippen LogP contribution in [0.3, 0.4) is 0 Å². The lowest BCUT2D eigenvalue weighted by molar-refractivity contribution is -0.0133. The van der Waals surface area contributed by atoms with Crippen LogP contribution in [0, 0.1) is 35.0 Å². The maximum atomic E-state index is 12.6. The van der Waals surface area contributed by atoms with Crippen LogP contribution in [0.5, 0.6) is 0 Å². The second-order valence-electron chi connectivity index (χ2n) is 10.6. The third-order valence-electron chi connectivity index (χ3n) is 6.68. The summed E-state index contributed by atoms with van der Waals surface area (Å²) in [6, 6.07) is 2.93. The molecule has 3 fully saturated rings. The van der Waals surface area contributed by atoms with Gasteiger partial charge < -0.3 is 24.8 Å². The number of hydrogen-bond acceptors (Lipinski definition) is 6. The standard InChI is InChI=1S/C23H39N3O4/c1-15-7-18(12-27)25-21(8-15)20-10-17(20)13-29-14-19-9-16(11-24)5-6-26(19)22(28)30-23(2,3)4/h15-21,25,27H,5-10,12-14H2,1-4H3/t15-,16+,17?,18+,19+,20+,21?/m1/s1. The molecule has 2 aliphatic heterocycles. The third kappa shape index (κ3) is 6.32. The van der Waals surface area contributed by atoms with E-state index >= 15 is 0 Å². The number of aliphatic hydroxyl groups is 1. The summed E-state index contributed by atoms with van der Waals surface area (Å²) in [5, 5.41) is 22.5. The van der Waals surface area contributed by atoms with Crippen molar-refractivity contribution in [2.45, 2.75) is 83.5 Å². The molecule has 0 aromatic heterocycles. The monoisotopic (exact) mass is 421 g/mol. The van der Waals surface area contributed by atoms with Crippen molar-refractivity contribution in [1.29, 1.82) is 5.26 Å². The summed E-state index contributed by atoms with van der Waals surface area (Å²) in [6.07, 6.45) is 4.38. The summed E-state index contributed by atoms with van der Waals surface area (Å²) in [4.78, 5) is 14.4. The van der Waals surface area contributed by atoms with Crippen LogP contribution in [-0.4, -0.2) is 66.2 Å². The summed E-state index contributed by atoms with van der Waals surface area (Å²) in [6.45, 7) is 9.76. The number of hydrogen-bond donors (Lipinski definition) is 2. The molecule has 2 N–H and O–H groups in total. The molecule has 2 heterocycles. The quantitative estimate of drug-likeness (QED) is 0.685. The lowest BCUT2D eigenvalue weighted by Crippen LogP contribution is -2.50. The maximum Gasteiger partial charge on any atom is 0.410 e. The molecule has 0 spiro atoms. The Kier molecular flexibility index (Phi) is 7.65. The van der Waals surface area contributed by atoms with E-state index in [1.165, 1.54) is 0 Å². The van der Waals surface area contributed by atoms with Crippen LogP contribution < -0.4 is 5.32 Å². The van der Waals surface area contributed by atoms with E-state index in [9.17, 15) is 15.2 Å². The number of nitrogens with one attached hydrogen (secondary N) is 1. The number of amides is 1. The van der Waals surface area contributed by atoms with E-state index in [-0.39, 0.29) is 30.7 Å². The van der Waals surface area contributed by atoms with Crippen molar-refractivity contribution in [3.8, 4) is 6.07 Å². The second kappa shape index (κ2) is 9.84. The molecule has 3 rings (SSSR count). The topological polar surface area (TPSA) is 94.8 Å². The van der Waals surface area contributed by atoms with E-state index < -0.39 is 5.60 Å².